The van der Waals surface area contributed by atoms with Crippen LogP contribution in [0.1, 0.15) is 17.4 Å². The number of rotatable bonds is 6. The number of para-hydroxylation sites is 1. The summed E-state index contributed by atoms with van der Waals surface area (Å²) in [5, 5.41) is 14.1. The average molecular weight is 419 g/mol. The molecule has 0 spiro atoms. The van der Waals surface area contributed by atoms with E-state index < -0.39 is 11.2 Å². The van der Waals surface area contributed by atoms with Crippen molar-refractivity contribution in [1.29, 1.82) is 0 Å². The number of anilines is 2. The quantitative estimate of drug-likeness (QED) is 0.474. The minimum atomic E-state index is -0.628. The Morgan fingerprint density at radius 1 is 1.16 bits per heavy atom. The minimum Gasteiger partial charge on any atom is -0.497 e. The van der Waals surface area contributed by atoms with Crippen molar-refractivity contribution < 1.29 is 19.2 Å². The Morgan fingerprint density at radius 3 is 2.68 bits per heavy atom. The molecule has 0 radical (unpaired) electrons. The molecular weight excluding hydrogens is 398 g/mol. The van der Waals surface area contributed by atoms with Crippen molar-refractivity contribution in [2.75, 3.05) is 23.9 Å². The number of fused-ring (bicyclic) bond motifs is 1. The lowest BCUT2D eigenvalue weighted by Gasteiger charge is -2.38. The molecule has 0 saturated heterocycles. The van der Waals surface area contributed by atoms with Crippen molar-refractivity contribution in [2.45, 2.75) is 12.8 Å². The fourth-order valence-corrected chi connectivity index (χ4v) is 3.56. The van der Waals surface area contributed by atoms with Crippen LogP contribution in [0.2, 0.25) is 0 Å². The SMILES string of the molecule is COc1ccc(NC(=O)CN2c3ccccc3COC2c2cccc([N+](=O)[O-])c2)cc1. The Hall–Kier alpha value is -3.91. The first-order valence-corrected chi connectivity index (χ1v) is 9.69. The van der Waals surface area contributed by atoms with Gasteiger partial charge in [-0.1, -0.05) is 30.3 Å². The van der Waals surface area contributed by atoms with E-state index in [0.29, 0.717) is 23.6 Å². The molecule has 1 aliphatic heterocycles. The van der Waals surface area contributed by atoms with Gasteiger partial charge >= 0.3 is 0 Å². The zero-order valence-corrected chi connectivity index (χ0v) is 16.9. The zero-order chi connectivity index (χ0) is 21.8. The molecule has 1 atom stereocenters. The monoisotopic (exact) mass is 419 g/mol. The number of methoxy groups -OCH3 is 1. The first-order chi connectivity index (χ1) is 15.0. The maximum Gasteiger partial charge on any atom is 0.269 e. The molecule has 1 unspecified atom stereocenters. The number of nitro groups is 1. The topological polar surface area (TPSA) is 93.9 Å². The standard InChI is InChI=1S/C23H21N3O5/c1-30-20-11-9-18(10-12-20)24-22(27)14-25-21-8-3-2-5-17(21)15-31-23(25)16-6-4-7-19(13-16)26(28)29/h2-13,23H,14-15H2,1H3,(H,24,27). The fraction of sp³-hybridized carbons (Fsp3) is 0.174. The van der Waals surface area contributed by atoms with E-state index in [4.69, 9.17) is 9.47 Å². The van der Waals surface area contributed by atoms with Crippen LogP contribution in [-0.4, -0.2) is 24.5 Å². The van der Waals surface area contributed by atoms with E-state index in [1.165, 1.54) is 12.1 Å². The van der Waals surface area contributed by atoms with Crippen LogP contribution in [0.25, 0.3) is 0 Å². The number of benzene rings is 3. The molecule has 1 heterocycles. The van der Waals surface area contributed by atoms with Gasteiger partial charge in [-0.25, -0.2) is 0 Å². The predicted molar refractivity (Wildman–Crippen MR) is 116 cm³/mol. The molecule has 3 aromatic carbocycles. The molecule has 8 nitrogen and oxygen atoms in total. The van der Waals surface area contributed by atoms with Gasteiger partial charge in [0.2, 0.25) is 5.91 Å². The van der Waals surface area contributed by atoms with E-state index in [1.54, 1.807) is 43.5 Å². The van der Waals surface area contributed by atoms with Gasteiger partial charge in [0.1, 0.15) is 12.3 Å². The summed E-state index contributed by atoms with van der Waals surface area (Å²) in [7, 11) is 1.58. The maximum absolute atomic E-state index is 12.8. The van der Waals surface area contributed by atoms with E-state index in [2.05, 4.69) is 5.32 Å². The van der Waals surface area contributed by atoms with Gasteiger partial charge in [0.15, 0.2) is 6.23 Å². The van der Waals surface area contributed by atoms with Crippen LogP contribution in [0, 0.1) is 10.1 Å². The van der Waals surface area contributed by atoms with Gasteiger partial charge in [-0.15, -0.1) is 0 Å². The summed E-state index contributed by atoms with van der Waals surface area (Å²) in [5.41, 5.74) is 3.03. The normalized spacial score (nSPS) is 15.1. The summed E-state index contributed by atoms with van der Waals surface area (Å²) in [6.07, 6.45) is -0.628. The van der Waals surface area contributed by atoms with Crippen molar-refractivity contribution in [2.24, 2.45) is 0 Å². The summed E-state index contributed by atoms with van der Waals surface area (Å²) in [5.74, 6) is 0.461. The van der Waals surface area contributed by atoms with Gasteiger partial charge in [0.25, 0.3) is 5.69 Å². The molecule has 8 heteroatoms. The number of ether oxygens (including phenoxy) is 2. The summed E-state index contributed by atoms with van der Waals surface area (Å²) >= 11 is 0. The largest absolute Gasteiger partial charge is 0.497 e. The number of carbonyl (C=O) groups is 1. The van der Waals surface area contributed by atoms with Gasteiger partial charge in [-0.2, -0.15) is 0 Å². The summed E-state index contributed by atoms with van der Waals surface area (Å²) in [4.78, 5) is 25.4. The van der Waals surface area contributed by atoms with Crippen LogP contribution in [0.5, 0.6) is 5.75 Å². The third-order valence-corrected chi connectivity index (χ3v) is 5.03. The zero-order valence-electron chi connectivity index (χ0n) is 16.9. The lowest BCUT2D eigenvalue weighted by Crippen LogP contribution is -2.40. The van der Waals surface area contributed by atoms with Crippen LogP contribution in [-0.2, 0) is 16.1 Å². The Balaban J connectivity index is 1.61. The number of hydrogen-bond donors (Lipinski definition) is 1. The molecule has 1 aliphatic rings. The molecule has 0 fully saturated rings. The van der Waals surface area contributed by atoms with Gasteiger partial charge in [0, 0.05) is 34.6 Å². The van der Waals surface area contributed by atoms with Crippen molar-refractivity contribution in [3.63, 3.8) is 0 Å². The van der Waals surface area contributed by atoms with E-state index in [9.17, 15) is 14.9 Å². The van der Waals surface area contributed by atoms with Crippen molar-refractivity contribution in [3.05, 3.63) is 94.0 Å². The summed E-state index contributed by atoms with van der Waals surface area (Å²) < 4.78 is 11.2. The summed E-state index contributed by atoms with van der Waals surface area (Å²) in [6, 6.07) is 21.0. The highest BCUT2D eigenvalue weighted by Crippen LogP contribution is 2.37. The highest BCUT2D eigenvalue weighted by molar-refractivity contribution is 5.94. The molecule has 158 valence electrons. The molecule has 0 aromatic heterocycles. The Bertz CT molecular complexity index is 1100. The number of hydrogen-bond acceptors (Lipinski definition) is 6. The molecule has 0 bridgehead atoms. The van der Waals surface area contributed by atoms with E-state index >= 15 is 0 Å². The predicted octanol–water partition coefficient (Wildman–Crippen LogP) is 4.28. The molecule has 0 saturated carbocycles. The summed E-state index contributed by atoms with van der Waals surface area (Å²) in [6.45, 7) is 0.358. The third kappa shape index (κ3) is 4.49. The van der Waals surface area contributed by atoms with E-state index in [-0.39, 0.29) is 18.1 Å². The number of carbonyl (C=O) groups excluding carboxylic acids is 1. The van der Waals surface area contributed by atoms with Gasteiger partial charge in [-0.3, -0.25) is 14.9 Å². The second-order valence-corrected chi connectivity index (χ2v) is 7.05. The van der Waals surface area contributed by atoms with Crippen molar-refractivity contribution >= 4 is 23.0 Å². The first-order valence-electron chi connectivity index (χ1n) is 9.69. The molecule has 1 N–H and O–H groups in total. The molecule has 31 heavy (non-hydrogen) atoms. The third-order valence-electron chi connectivity index (χ3n) is 5.03. The van der Waals surface area contributed by atoms with E-state index in [1.807, 2.05) is 29.2 Å². The number of nitro benzene ring substituents is 1. The van der Waals surface area contributed by atoms with Gasteiger partial charge in [-0.05, 0) is 30.3 Å². The van der Waals surface area contributed by atoms with Crippen LogP contribution in [0.4, 0.5) is 17.1 Å². The highest BCUT2D eigenvalue weighted by atomic mass is 16.6. The van der Waals surface area contributed by atoms with Crippen molar-refractivity contribution in [3.8, 4) is 5.75 Å². The molecule has 0 aliphatic carbocycles. The second kappa shape index (κ2) is 8.85. The maximum atomic E-state index is 12.8. The minimum absolute atomic E-state index is 0.0103. The smallest absolute Gasteiger partial charge is 0.269 e. The van der Waals surface area contributed by atoms with Crippen molar-refractivity contribution in [1.82, 2.24) is 0 Å². The molecule has 4 rings (SSSR count). The van der Waals surface area contributed by atoms with E-state index in [0.717, 1.165) is 11.3 Å². The van der Waals surface area contributed by atoms with Crippen LogP contribution < -0.4 is 15.0 Å². The fourth-order valence-electron chi connectivity index (χ4n) is 3.56. The van der Waals surface area contributed by atoms with Gasteiger partial charge in [0.05, 0.1) is 18.6 Å². The molecule has 1 amide bonds. The highest BCUT2D eigenvalue weighted by Gasteiger charge is 2.30. The Kier molecular flexibility index (Phi) is 5.81. The number of non-ortho nitro benzene ring substituents is 1. The molecular formula is C23H21N3O5. The van der Waals surface area contributed by atoms with Crippen LogP contribution >= 0.6 is 0 Å². The van der Waals surface area contributed by atoms with Crippen LogP contribution in [0.15, 0.2) is 72.8 Å². The lowest BCUT2D eigenvalue weighted by molar-refractivity contribution is -0.385. The number of nitrogens with zero attached hydrogens (tertiary/aromatic N) is 2. The Morgan fingerprint density at radius 2 is 1.94 bits per heavy atom. The average Bonchev–Trinajstić information content (AvgIpc) is 2.80. The lowest BCUT2D eigenvalue weighted by atomic mass is 10.1. The molecule has 3 aromatic rings. The second-order valence-electron chi connectivity index (χ2n) is 7.05. The van der Waals surface area contributed by atoms with Crippen LogP contribution in [0.3, 0.4) is 0 Å². The first kappa shape index (κ1) is 20.4. The Labute approximate surface area is 179 Å². The number of amides is 1. The number of nitrogens with one attached hydrogen (secondary N) is 1. The van der Waals surface area contributed by atoms with Gasteiger partial charge < -0.3 is 19.7 Å².